The highest BCUT2D eigenvalue weighted by atomic mass is 79.9. The summed E-state index contributed by atoms with van der Waals surface area (Å²) in [5.41, 5.74) is 2.49. The van der Waals surface area contributed by atoms with Crippen molar-refractivity contribution in [3.05, 3.63) is 76.3 Å². The molecule has 0 bridgehead atoms. The largest absolute Gasteiger partial charge is 0.480 e. The summed E-state index contributed by atoms with van der Waals surface area (Å²) in [6, 6.07) is 15.5. The molecular formula is C25H24BrN3O4. The van der Waals surface area contributed by atoms with Crippen molar-refractivity contribution in [2.75, 3.05) is 37.7 Å². The molecule has 1 amide bonds. The Morgan fingerprint density at radius 3 is 2.48 bits per heavy atom. The molecule has 0 atom stereocenters. The molecule has 1 heterocycles. The van der Waals surface area contributed by atoms with Gasteiger partial charge in [-0.05, 0) is 63.8 Å². The van der Waals surface area contributed by atoms with Gasteiger partial charge in [-0.1, -0.05) is 24.3 Å². The number of halogens is 1. The van der Waals surface area contributed by atoms with E-state index in [0.29, 0.717) is 53.9 Å². The lowest BCUT2D eigenvalue weighted by atomic mass is 10.0. The van der Waals surface area contributed by atoms with Gasteiger partial charge < -0.3 is 19.6 Å². The maximum atomic E-state index is 13.0. The van der Waals surface area contributed by atoms with Gasteiger partial charge in [0.2, 0.25) is 0 Å². The van der Waals surface area contributed by atoms with E-state index in [9.17, 15) is 14.9 Å². The zero-order chi connectivity index (χ0) is 23.8. The van der Waals surface area contributed by atoms with Crippen molar-refractivity contribution < 1.29 is 19.4 Å². The highest BCUT2D eigenvalue weighted by molar-refractivity contribution is 9.10. The first-order chi connectivity index (χ1) is 15.9. The SMILES string of the molecule is C=CCc1cc(/C=C(/C#N)C(=O)N2CCN(c3ccccc3)CC2)cc(Br)c1OCC(=O)O. The maximum absolute atomic E-state index is 13.0. The van der Waals surface area contributed by atoms with Crippen molar-refractivity contribution in [1.29, 1.82) is 5.26 Å². The molecule has 7 nitrogen and oxygen atoms in total. The van der Waals surface area contributed by atoms with Crippen LogP contribution < -0.4 is 9.64 Å². The van der Waals surface area contributed by atoms with Crippen LogP contribution in [0.5, 0.6) is 5.75 Å². The van der Waals surface area contributed by atoms with Crippen LogP contribution in [-0.2, 0) is 16.0 Å². The standard InChI is InChI=1S/C25H24BrN3O4/c1-2-6-19-13-18(15-22(26)24(19)33-17-23(30)31)14-20(16-27)25(32)29-11-9-28(10-12-29)21-7-4-3-5-8-21/h2-5,7-8,13-15H,1,6,9-12,17H2,(H,30,31)/b20-14-. The molecule has 1 aliphatic rings. The van der Waals surface area contributed by atoms with Gasteiger partial charge in [0, 0.05) is 31.9 Å². The minimum atomic E-state index is -1.08. The fourth-order valence-electron chi connectivity index (χ4n) is 3.65. The monoisotopic (exact) mass is 509 g/mol. The summed E-state index contributed by atoms with van der Waals surface area (Å²) < 4.78 is 5.94. The van der Waals surface area contributed by atoms with Crippen molar-refractivity contribution in [2.45, 2.75) is 6.42 Å². The van der Waals surface area contributed by atoms with Crippen molar-refractivity contribution in [3.63, 3.8) is 0 Å². The number of para-hydroxylation sites is 1. The lowest BCUT2D eigenvalue weighted by Crippen LogP contribution is -2.49. The number of carboxylic acid groups (broad SMARTS) is 1. The number of rotatable bonds is 8. The molecule has 0 saturated carbocycles. The van der Waals surface area contributed by atoms with Gasteiger partial charge in [0.25, 0.3) is 5.91 Å². The minimum absolute atomic E-state index is 0.0406. The van der Waals surface area contributed by atoms with Gasteiger partial charge in [0.05, 0.1) is 4.47 Å². The smallest absolute Gasteiger partial charge is 0.341 e. The molecule has 0 aliphatic carbocycles. The van der Waals surface area contributed by atoms with Crippen LogP contribution in [0.2, 0.25) is 0 Å². The number of amides is 1. The Morgan fingerprint density at radius 2 is 1.88 bits per heavy atom. The number of ether oxygens (including phenoxy) is 1. The first-order valence-corrected chi connectivity index (χ1v) is 11.2. The van der Waals surface area contributed by atoms with Gasteiger partial charge in [-0.15, -0.1) is 6.58 Å². The topological polar surface area (TPSA) is 93.9 Å². The normalized spacial score (nSPS) is 13.9. The molecule has 33 heavy (non-hydrogen) atoms. The predicted molar refractivity (Wildman–Crippen MR) is 130 cm³/mol. The van der Waals surface area contributed by atoms with E-state index in [0.717, 1.165) is 5.69 Å². The van der Waals surface area contributed by atoms with E-state index in [1.807, 2.05) is 36.4 Å². The molecular weight excluding hydrogens is 486 g/mol. The van der Waals surface area contributed by atoms with Crippen LogP contribution in [0.25, 0.3) is 6.08 Å². The van der Waals surface area contributed by atoms with Crippen molar-refractivity contribution in [1.82, 2.24) is 4.90 Å². The summed E-state index contributed by atoms with van der Waals surface area (Å²) in [6.45, 7) is 5.69. The highest BCUT2D eigenvalue weighted by Crippen LogP contribution is 2.32. The van der Waals surface area contributed by atoms with Crippen molar-refractivity contribution in [3.8, 4) is 11.8 Å². The van der Waals surface area contributed by atoms with E-state index in [1.165, 1.54) is 0 Å². The molecule has 0 spiro atoms. The third kappa shape index (κ3) is 6.24. The highest BCUT2D eigenvalue weighted by Gasteiger charge is 2.24. The van der Waals surface area contributed by atoms with Crippen LogP contribution in [0.4, 0.5) is 5.69 Å². The van der Waals surface area contributed by atoms with Gasteiger partial charge in [-0.3, -0.25) is 4.79 Å². The van der Waals surface area contributed by atoms with Gasteiger partial charge in [0.15, 0.2) is 6.61 Å². The number of allylic oxidation sites excluding steroid dienone is 1. The molecule has 170 valence electrons. The number of anilines is 1. The van der Waals surface area contributed by atoms with Gasteiger partial charge in [-0.2, -0.15) is 5.26 Å². The zero-order valence-corrected chi connectivity index (χ0v) is 19.6. The number of carbonyl (C=O) groups is 2. The molecule has 2 aromatic carbocycles. The number of hydrogen-bond acceptors (Lipinski definition) is 5. The summed E-state index contributed by atoms with van der Waals surface area (Å²) in [6.07, 6.45) is 3.65. The summed E-state index contributed by atoms with van der Waals surface area (Å²) in [5.74, 6) is -0.991. The van der Waals surface area contributed by atoms with Gasteiger partial charge in [0.1, 0.15) is 17.4 Å². The van der Waals surface area contributed by atoms with Crippen LogP contribution in [-0.4, -0.2) is 54.7 Å². The fraction of sp³-hybridized carbons (Fsp3) is 0.240. The number of carbonyl (C=O) groups excluding carboxylic acids is 1. The first kappa shape index (κ1) is 24.1. The molecule has 1 N–H and O–H groups in total. The van der Waals surface area contributed by atoms with Crippen LogP contribution in [0.1, 0.15) is 11.1 Å². The quantitative estimate of drug-likeness (QED) is 0.329. The van der Waals surface area contributed by atoms with Crippen LogP contribution in [0, 0.1) is 11.3 Å². The second kappa shape index (κ2) is 11.3. The van der Waals surface area contributed by atoms with Gasteiger partial charge >= 0.3 is 5.97 Å². The Hall–Kier alpha value is -3.57. The predicted octanol–water partition coefficient (Wildman–Crippen LogP) is 3.90. The molecule has 0 unspecified atom stereocenters. The number of carboxylic acids is 1. The van der Waals surface area contributed by atoms with E-state index in [2.05, 4.69) is 27.4 Å². The first-order valence-electron chi connectivity index (χ1n) is 10.4. The molecule has 2 aromatic rings. The van der Waals surface area contributed by atoms with E-state index in [4.69, 9.17) is 9.84 Å². The Bertz CT molecular complexity index is 1100. The Labute approximate surface area is 201 Å². The number of hydrogen-bond donors (Lipinski definition) is 1. The van der Waals surface area contributed by atoms with Crippen LogP contribution >= 0.6 is 15.9 Å². The lowest BCUT2D eigenvalue weighted by Gasteiger charge is -2.36. The van der Waals surface area contributed by atoms with Crippen LogP contribution in [0.15, 0.2) is 65.2 Å². The van der Waals surface area contributed by atoms with E-state index < -0.39 is 12.6 Å². The minimum Gasteiger partial charge on any atom is -0.480 e. The Kier molecular flexibility index (Phi) is 8.28. The van der Waals surface area contributed by atoms with Crippen molar-refractivity contribution in [2.24, 2.45) is 0 Å². The molecule has 1 fully saturated rings. The molecule has 0 radical (unpaired) electrons. The maximum Gasteiger partial charge on any atom is 0.341 e. The Morgan fingerprint density at radius 1 is 1.18 bits per heavy atom. The number of piperazine rings is 1. The van der Waals surface area contributed by atoms with Crippen LogP contribution in [0.3, 0.4) is 0 Å². The molecule has 3 rings (SSSR count). The number of benzene rings is 2. The third-order valence-electron chi connectivity index (χ3n) is 5.20. The average molecular weight is 510 g/mol. The summed E-state index contributed by atoms with van der Waals surface area (Å²) in [5, 5.41) is 18.6. The van der Waals surface area contributed by atoms with E-state index in [-0.39, 0.29) is 11.5 Å². The van der Waals surface area contributed by atoms with Crippen molar-refractivity contribution >= 4 is 39.6 Å². The lowest BCUT2D eigenvalue weighted by molar-refractivity contribution is -0.139. The third-order valence-corrected chi connectivity index (χ3v) is 5.79. The zero-order valence-electron chi connectivity index (χ0n) is 18.0. The summed E-state index contributed by atoms with van der Waals surface area (Å²) in [7, 11) is 0. The molecule has 1 aliphatic heterocycles. The fourth-order valence-corrected chi connectivity index (χ4v) is 4.28. The van der Waals surface area contributed by atoms with E-state index in [1.54, 1.807) is 29.2 Å². The second-order valence-corrected chi connectivity index (χ2v) is 8.31. The number of aliphatic carboxylic acids is 1. The summed E-state index contributed by atoms with van der Waals surface area (Å²) in [4.78, 5) is 27.8. The summed E-state index contributed by atoms with van der Waals surface area (Å²) >= 11 is 3.41. The second-order valence-electron chi connectivity index (χ2n) is 7.45. The number of nitriles is 1. The van der Waals surface area contributed by atoms with Gasteiger partial charge in [-0.25, -0.2) is 4.79 Å². The molecule has 0 aromatic heterocycles. The van der Waals surface area contributed by atoms with E-state index >= 15 is 0 Å². The number of nitrogens with zero attached hydrogens (tertiary/aromatic N) is 3. The Balaban J connectivity index is 1.77. The average Bonchev–Trinajstić information content (AvgIpc) is 2.82. The molecule has 1 saturated heterocycles. The molecule has 8 heteroatoms.